The van der Waals surface area contributed by atoms with E-state index in [1.807, 2.05) is 6.92 Å². The molecule has 0 aliphatic carbocycles. The van der Waals surface area contributed by atoms with Crippen molar-refractivity contribution < 1.29 is 75.8 Å². The predicted octanol–water partition coefficient (Wildman–Crippen LogP) is 2.87. The number of carbonyl (C=O) groups is 5. The zero-order chi connectivity index (χ0) is 45.1. The zero-order valence-electron chi connectivity index (χ0n) is 33.2. The minimum Gasteiger partial charge on any atom is -0.480 e. The number of carbonyl (C=O) groups excluding carboxylic acids is 4. The molecule has 332 valence electrons. The number of nitrogens with zero attached hydrogens (tertiary/aromatic N) is 6. The van der Waals surface area contributed by atoms with Crippen molar-refractivity contribution in [1.82, 2.24) is 24.7 Å². The Labute approximate surface area is 349 Å². The lowest BCUT2D eigenvalue weighted by Gasteiger charge is -2.42. The fraction of sp³-hybridized carbons (Fsp3) is 0.405. The van der Waals surface area contributed by atoms with Crippen molar-refractivity contribution in [3.8, 4) is 5.75 Å². The summed E-state index contributed by atoms with van der Waals surface area (Å²) in [5.41, 5.74) is -2.24. The van der Waals surface area contributed by atoms with Gasteiger partial charge in [0.25, 0.3) is 11.8 Å². The maximum atomic E-state index is 14.5. The Morgan fingerprint density at radius 2 is 1.84 bits per heavy atom. The van der Waals surface area contributed by atoms with Crippen LogP contribution in [0.5, 0.6) is 5.75 Å². The molecule has 0 radical (unpaired) electrons. The van der Waals surface area contributed by atoms with E-state index in [4.69, 9.17) is 24.1 Å². The number of ether oxygens (including phenoxy) is 3. The van der Waals surface area contributed by atoms with Crippen LogP contribution in [0.15, 0.2) is 52.7 Å². The van der Waals surface area contributed by atoms with Gasteiger partial charge in [0.15, 0.2) is 11.3 Å². The predicted molar refractivity (Wildman–Crippen MR) is 206 cm³/mol. The number of aliphatic carboxylic acids is 1. The summed E-state index contributed by atoms with van der Waals surface area (Å²) in [6, 6.07) is 4.48. The molecular weight excluding hydrogens is 851 g/mol. The standard InChI is InChI=1S/C37H40F2N7O15P/c1-20-12-37(61-42-20)9-8-21(2)45-16-27(37)46-15-25(33(50)41-13-22-6-7-24(38)11-26(22)39)30(49)31(29(46)34(45)51)57-18-58-35(52)43(3)32-23(5-4-10-40-32)14-44(17-28(47)48)36(53)59-19-60-62(54,55)56/h4-7,10-11,15,21,27H,8-9,12-14,16-19H2,1-3H3,(H,41,50)(H,47,48)(H2,54,55,56)/t21-,27+,37-/m0/s1. The number of phosphoric acid groups is 1. The molecule has 6 rings (SSSR count). The van der Waals surface area contributed by atoms with Crippen LogP contribution >= 0.6 is 7.82 Å². The van der Waals surface area contributed by atoms with E-state index in [9.17, 15) is 47.2 Å². The topological polar surface area (TPSA) is 278 Å². The first-order valence-electron chi connectivity index (χ1n) is 18.6. The highest BCUT2D eigenvalue weighted by Crippen LogP contribution is 2.46. The van der Waals surface area contributed by atoms with E-state index >= 15 is 0 Å². The van der Waals surface area contributed by atoms with E-state index in [1.54, 1.807) is 11.8 Å². The van der Waals surface area contributed by atoms with Crippen LogP contribution < -0.4 is 20.4 Å². The molecule has 5 heterocycles. The number of hydrogen-bond donors (Lipinski definition) is 4. The number of amides is 4. The molecule has 4 N–H and O–H groups in total. The van der Waals surface area contributed by atoms with E-state index in [1.165, 1.54) is 36.1 Å². The van der Waals surface area contributed by atoms with Gasteiger partial charge in [0.05, 0.1) is 18.3 Å². The Kier molecular flexibility index (Phi) is 13.3. The number of carboxylic acid groups (broad SMARTS) is 1. The third-order valence-corrected chi connectivity index (χ3v) is 10.8. The quantitative estimate of drug-likeness (QED) is 0.134. The van der Waals surface area contributed by atoms with Crippen molar-refractivity contribution in [2.45, 2.75) is 63.9 Å². The monoisotopic (exact) mass is 891 g/mol. The van der Waals surface area contributed by atoms with Crippen LogP contribution in [-0.2, 0) is 41.3 Å². The number of aromatic nitrogens is 2. The number of nitrogens with one attached hydrogen (secondary N) is 1. The normalized spacial score (nSPS) is 19.1. The second-order valence-electron chi connectivity index (χ2n) is 14.5. The van der Waals surface area contributed by atoms with Gasteiger partial charge in [-0.15, -0.1) is 0 Å². The Morgan fingerprint density at radius 1 is 1.10 bits per heavy atom. The molecule has 62 heavy (non-hydrogen) atoms. The molecule has 25 heteroatoms. The number of anilines is 1. The highest BCUT2D eigenvalue weighted by Gasteiger charge is 2.54. The second-order valence-corrected chi connectivity index (χ2v) is 15.8. The molecule has 0 saturated carbocycles. The van der Waals surface area contributed by atoms with Crippen molar-refractivity contribution >= 4 is 49.3 Å². The summed E-state index contributed by atoms with van der Waals surface area (Å²) >= 11 is 0. The number of benzene rings is 1. The molecule has 3 atom stereocenters. The van der Waals surface area contributed by atoms with Gasteiger partial charge in [-0.25, -0.2) is 32.4 Å². The summed E-state index contributed by atoms with van der Waals surface area (Å²) in [6.45, 7) is -0.488. The van der Waals surface area contributed by atoms with Crippen molar-refractivity contribution in [3.05, 3.63) is 87.0 Å². The van der Waals surface area contributed by atoms with E-state index < -0.39 is 111 Å². The summed E-state index contributed by atoms with van der Waals surface area (Å²) in [7, 11) is -3.84. The lowest BCUT2D eigenvalue weighted by Crippen LogP contribution is -2.52. The molecule has 1 fully saturated rings. The number of halogens is 2. The first kappa shape index (κ1) is 45.0. The van der Waals surface area contributed by atoms with Crippen LogP contribution in [0.4, 0.5) is 24.2 Å². The maximum absolute atomic E-state index is 14.5. The van der Waals surface area contributed by atoms with Crippen molar-refractivity contribution in [3.63, 3.8) is 0 Å². The van der Waals surface area contributed by atoms with E-state index in [0.717, 1.165) is 17.0 Å². The Morgan fingerprint density at radius 3 is 2.52 bits per heavy atom. The maximum Gasteiger partial charge on any atom is 0.472 e. The fourth-order valence-electron chi connectivity index (χ4n) is 7.31. The van der Waals surface area contributed by atoms with Gasteiger partial charge in [0.2, 0.25) is 24.8 Å². The van der Waals surface area contributed by atoms with Gasteiger partial charge in [-0.2, -0.15) is 0 Å². The molecule has 3 aliphatic rings. The summed E-state index contributed by atoms with van der Waals surface area (Å²) in [5, 5.41) is 16.0. The van der Waals surface area contributed by atoms with Gasteiger partial charge in [-0.1, -0.05) is 17.3 Å². The lowest BCUT2D eigenvalue weighted by atomic mass is 9.84. The Bertz CT molecular complexity index is 2430. The van der Waals surface area contributed by atoms with Gasteiger partial charge in [-0.05, 0) is 38.8 Å². The average molecular weight is 892 g/mol. The third kappa shape index (κ3) is 9.83. The van der Waals surface area contributed by atoms with Crippen LogP contribution in [0.2, 0.25) is 0 Å². The van der Waals surface area contributed by atoms with Gasteiger partial charge < -0.3 is 48.7 Å². The molecule has 3 aromatic rings. The first-order valence-corrected chi connectivity index (χ1v) is 20.2. The number of pyridine rings is 2. The third-order valence-electron chi connectivity index (χ3n) is 10.3. The van der Waals surface area contributed by atoms with Crippen molar-refractivity contribution in [2.24, 2.45) is 5.16 Å². The van der Waals surface area contributed by atoms with Gasteiger partial charge in [0.1, 0.15) is 29.6 Å². The fourth-order valence-corrected chi connectivity index (χ4v) is 7.50. The zero-order valence-corrected chi connectivity index (χ0v) is 34.1. The molecule has 1 spiro atoms. The number of rotatable bonds is 14. The van der Waals surface area contributed by atoms with Crippen LogP contribution in [0, 0.1) is 11.6 Å². The Balaban J connectivity index is 1.27. The SMILES string of the molecule is CC1=NO[C@@]2(CC[C@H](C)N3C[C@H]2n2cc(C(=O)NCc4ccc(F)cc4F)c(=O)c(OCOC(=O)N(C)c4ncccc4CN(CC(=O)O)C(=O)OCOP(=O)(O)O)c2C3=O)C1. The number of hydrogen-bond acceptors (Lipinski definition) is 14. The smallest absolute Gasteiger partial charge is 0.472 e. The molecule has 22 nitrogen and oxygen atoms in total. The minimum atomic E-state index is -5.04. The summed E-state index contributed by atoms with van der Waals surface area (Å²) < 4.78 is 60.2. The Hall–Kier alpha value is -6.49. The summed E-state index contributed by atoms with van der Waals surface area (Å²) in [4.78, 5) is 111. The van der Waals surface area contributed by atoms with Gasteiger partial charge >= 0.3 is 26.0 Å². The minimum absolute atomic E-state index is 0.0622. The highest BCUT2D eigenvalue weighted by molar-refractivity contribution is 7.46. The highest BCUT2D eigenvalue weighted by atomic mass is 31.2. The average Bonchev–Trinajstić information content (AvgIpc) is 3.54. The first-order chi connectivity index (χ1) is 29.3. The molecule has 3 aliphatic heterocycles. The van der Waals surface area contributed by atoms with E-state index in [0.29, 0.717) is 35.9 Å². The van der Waals surface area contributed by atoms with Crippen LogP contribution in [0.1, 0.15) is 71.1 Å². The lowest BCUT2D eigenvalue weighted by molar-refractivity contribution is -0.138. The molecule has 4 amide bonds. The summed E-state index contributed by atoms with van der Waals surface area (Å²) in [5.74, 6) is -5.73. The molecular formula is C37H40F2N7O15P. The van der Waals surface area contributed by atoms with Crippen molar-refractivity contribution in [1.29, 1.82) is 0 Å². The number of fused-ring (bicyclic) bond motifs is 5. The van der Waals surface area contributed by atoms with Crippen LogP contribution in [0.3, 0.4) is 0 Å². The molecule has 2 bridgehead atoms. The van der Waals surface area contributed by atoms with E-state index in [-0.39, 0.29) is 35.2 Å². The summed E-state index contributed by atoms with van der Waals surface area (Å²) in [6.07, 6.45) is 1.23. The van der Waals surface area contributed by atoms with Crippen molar-refractivity contribution in [2.75, 3.05) is 38.6 Å². The molecule has 1 aromatic carbocycles. The molecule has 1 saturated heterocycles. The van der Waals surface area contributed by atoms with Crippen LogP contribution in [0.25, 0.3) is 0 Å². The number of oxime groups is 1. The molecule has 2 aromatic heterocycles. The van der Waals surface area contributed by atoms with Crippen LogP contribution in [-0.4, -0.2) is 115 Å². The number of phosphoric ester groups is 1. The second kappa shape index (κ2) is 18.2. The largest absolute Gasteiger partial charge is 0.480 e. The van der Waals surface area contributed by atoms with E-state index in [2.05, 4.69) is 24.7 Å². The number of carboxylic acids is 1. The van der Waals surface area contributed by atoms with Gasteiger partial charge in [0, 0.05) is 62.2 Å². The molecule has 0 unspecified atom stereocenters. The van der Waals surface area contributed by atoms with Gasteiger partial charge in [-0.3, -0.25) is 29.0 Å².